The zero-order valence-corrected chi connectivity index (χ0v) is 10.0. The van der Waals surface area contributed by atoms with Gasteiger partial charge >= 0.3 is 0 Å². The first-order chi connectivity index (χ1) is 6.91. The van der Waals surface area contributed by atoms with Crippen LogP contribution in [0.25, 0.3) is 0 Å². The molecule has 0 aliphatic rings. The monoisotopic (exact) mass is 214 g/mol. The van der Waals surface area contributed by atoms with Crippen molar-refractivity contribution in [1.82, 2.24) is 5.32 Å². The van der Waals surface area contributed by atoms with Crippen LogP contribution in [-0.4, -0.2) is 25.1 Å². The molecule has 0 bridgehead atoms. The van der Waals surface area contributed by atoms with E-state index in [4.69, 9.17) is 5.26 Å². The fraction of sp³-hybridized carbons (Fsp3) is 0.909. The predicted molar refractivity (Wildman–Crippen MR) is 64.6 cm³/mol. The molecular weight excluding hydrogens is 192 g/mol. The Kier molecular flexibility index (Phi) is 12.6. The molecule has 0 unspecified atom stereocenters. The van der Waals surface area contributed by atoms with Crippen molar-refractivity contribution in [3.05, 3.63) is 0 Å². The summed E-state index contributed by atoms with van der Waals surface area (Å²) >= 11 is 1.93. The van der Waals surface area contributed by atoms with E-state index in [-0.39, 0.29) is 0 Å². The maximum Gasteiger partial charge on any atom is 0.0622 e. The maximum atomic E-state index is 8.31. The van der Waals surface area contributed by atoms with Gasteiger partial charge in [-0.25, -0.2) is 0 Å². The molecule has 0 heterocycles. The van der Waals surface area contributed by atoms with Gasteiger partial charge < -0.3 is 5.32 Å². The Balaban J connectivity index is 2.82. The number of nitrogens with zero attached hydrogens (tertiary/aromatic N) is 1. The molecule has 0 aromatic rings. The van der Waals surface area contributed by atoms with Crippen LogP contribution in [0.15, 0.2) is 0 Å². The van der Waals surface area contributed by atoms with Gasteiger partial charge in [-0.3, -0.25) is 0 Å². The molecule has 0 atom stereocenters. The van der Waals surface area contributed by atoms with Crippen LogP contribution < -0.4 is 5.32 Å². The Morgan fingerprint density at radius 2 is 1.79 bits per heavy atom. The summed E-state index contributed by atoms with van der Waals surface area (Å²) in [4.78, 5) is 0. The van der Waals surface area contributed by atoms with Gasteiger partial charge in [0.05, 0.1) is 6.07 Å². The minimum atomic E-state index is 0.681. The maximum absolute atomic E-state index is 8.31. The third kappa shape index (κ3) is 11.8. The lowest BCUT2D eigenvalue weighted by Crippen LogP contribution is -2.16. The lowest BCUT2D eigenvalue weighted by atomic mass is 10.2. The van der Waals surface area contributed by atoms with Gasteiger partial charge in [0.1, 0.15) is 0 Å². The SMILES string of the molecule is CSCCCCCCNCCCC#N. The molecule has 3 heteroatoms. The van der Waals surface area contributed by atoms with Gasteiger partial charge in [0, 0.05) is 6.42 Å². The molecule has 0 saturated heterocycles. The number of hydrogen-bond donors (Lipinski definition) is 1. The molecule has 0 aliphatic heterocycles. The van der Waals surface area contributed by atoms with E-state index in [0.29, 0.717) is 6.42 Å². The third-order valence-electron chi connectivity index (χ3n) is 2.09. The van der Waals surface area contributed by atoms with Gasteiger partial charge in [0.15, 0.2) is 0 Å². The van der Waals surface area contributed by atoms with Crippen molar-refractivity contribution in [2.45, 2.75) is 38.5 Å². The molecule has 0 aliphatic carbocycles. The molecule has 14 heavy (non-hydrogen) atoms. The molecule has 82 valence electrons. The summed E-state index contributed by atoms with van der Waals surface area (Å²) in [6.45, 7) is 2.11. The van der Waals surface area contributed by atoms with Gasteiger partial charge in [0.2, 0.25) is 0 Å². The molecule has 2 nitrogen and oxygen atoms in total. The second-order valence-corrected chi connectivity index (χ2v) is 4.40. The fourth-order valence-electron chi connectivity index (χ4n) is 1.27. The minimum Gasteiger partial charge on any atom is -0.317 e. The quantitative estimate of drug-likeness (QED) is 0.568. The second kappa shape index (κ2) is 12.8. The first-order valence-electron chi connectivity index (χ1n) is 5.48. The van der Waals surface area contributed by atoms with E-state index in [2.05, 4.69) is 17.6 Å². The van der Waals surface area contributed by atoms with E-state index in [0.717, 1.165) is 19.5 Å². The molecule has 1 N–H and O–H groups in total. The molecule has 0 amide bonds. The van der Waals surface area contributed by atoms with Crippen LogP contribution in [0.1, 0.15) is 38.5 Å². The van der Waals surface area contributed by atoms with Crippen LogP contribution in [0.5, 0.6) is 0 Å². The number of nitrogens with one attached hydrogen (secondary N) is 1. The minimum absolute atomic E-state index is 0.681. The lowest BCUT2D eigenvalue weighted by molar-refractivity contribution is 0.589. The summed E-state index contributed by atoms with van der Waals surface area (Å²) in [5.41, 5.74) is 0. The zero-order valence-electron chi connectivity index (χ0n) is 9.22. The van der Waals surface area contributed by atoms with E-state index in [9.17, 15) is 0 Å². The highest BCUT2D eigenvalue weighted by molar-refractivity contribution is 7.98. The standard InChI is InChI=1S/C11H22N2S/c1-14-11-7-3-2-5-9-13-10-6-4-8-12/h13H,2-7,9-11H2,1H3. The number of hydrogen-bond acceptors (Lipinski definition) is 3. The molecule has 0 aromatic heterocycles. The van der Waals surface area contributed by atoms with Crippen molar-refractivity contribution >= 4 is 11.8 Å². The van der Waals surface area contributed by atoms with Crippen molar-refractivity contribution < 1.29 is 0 Å². The van der Waals surface area contributed by atoms with Crippen molar-refractivity contribution in [1.29, 1.82) is 5.26 Å². The molecule has 0 saturated carbocycles. The Bertz CT molecular complexity index is 143. The van der Waals surface area contributed by atoms with Crippen molar-refractivity contribution in [2.24, 2.45) is 0 Å². The summed E-state index contributed by atoms with van der Waals surface area (Å²) in [5.74, 6) is 1.30. The number of thioether (sulfide) groups is 1. The number of rotatable bonds is 10. The largest absolute Gasteiger partial charge is 0.317 e. The summed E-state index contributed by atoms with van der Waals surface area (Å²) in [6, 6.07) is 2.15. The molecular formula is C11H22N2S. The van der Waals surface area contributed by atoms with Crippen LogP contribution >= 0.6 is 11.8 Å². The average Bonchev–Trinajstić information content (AvgIpc) is 2.21. The van der Waals surface area contributed by atoms with E-state index in [1.165, 1.54) is 31.4 Å². The summed E-state index contributed by atoms with van der Waals surface area (Å²) < 4.78 is 0. The first kappa shape index (κ1) is 13.8. The Hall–Kier alpha value is -0.200. The van der Waals surface area contributed by atoms with E-state index < -0.39 is 0 Å². The Morgan fingerprint density at radius 1 is 1.07 bits per heavy atom. The van der Waals surface area contributed by atoms with Crippen LogP contribution in [-0.2, 0) is 0 Å². The zero-order chi connectivity index (χ0) is 10.5. The topological polar surface area (TPSA) is 35.8 Å². The Labute approximate surface area is 92.5 Å². The smallest absolute Gasteiger partial charge is 0.0622 e. The molecule has 0 spiro atoms. The summed E-state index contributed by atoms with van der Waals surface area (Å²) in [7, 11) is 0. The second-order valence-electron chi connectivity index (χ2n) is 3.42. The highest BCUT2D eigenvalue weighted by Gasteiger charge is 1.90. The van der Waals surface area contributed by atoms with Crippen molar-refractivity contribution in [3.8, 4) is 6.07 Å². The van der Waals surface area contributed by atoms with Gasteiger partial charge in [-0.05, 0) is 44.4 Å². The highest BCUT2D eigenvalue weighted by Crippen LogP contribution is 2.03. The van der Waals surface area contributed by atoms with Crippen LogP contribution in [0.2, 0.25) is 0 Å². The molecule has 0 rings (SSSR count). The van der Waals surface area contributed by atoms with Gasteiger partial charge in [0.25, 0.3) is 0 Å². The third-order valence-corrected chi connectivity index (χ3v) is 2.79. The van der Waals surface area contributed by atoms with Crippen molar-refractivity contribution in [3.63, 3.8) is 0 Å². The summed E-state index contributed by atoms with van der Waals surface area (Å²) in [5, 5.41) is 11.7. The van der Waals surface area contributed by atoms with Crippen LogP contribution in [0.3, 0.4) is 0 Å². The van der Waals surface area contributed by atoms with Crippen LogP contribution in [0, 0.1) is 11.3 Å². The predicted octanol–water partition coefficient (Wildman–Crippen LogP) is 2.80. The highest BCUT2D eigenvalue weighted by atomic mass is 32.2. The number of nitriles is 1. The van der Waals surface area contributed by atoms with Gasteiger partial charge in [-0.1, -0.05) is 12.8 Å². The fourth-order valence-corrected chi connectivity index (χ4v) is 1.76. The normalized spacial score (nSPS) is 10.0. The molecule has 0 fully saturated rings. The number of unbranched alkanes of at least 4 members (excludes halogenated alkanes) is 4. The van der Waals surface area contributed by atoms with E-state index in [1.54, 1.807) is 0 Å². The molecule has 0 radical (unpaired) electrons. The van der Waals surface area contributed by atoms with E-state index >= 15 is 0 Å². The van der Waals surface area contributed by atoms with Gasteiger partial charge in [-0.15, -0.1) is 0 Å². The van der Waals surface area contributed by atoms with Gasteiger partial charge in [-0.2, -0.15) is 17.0 Å². The van der Waals surface area contributed by atoms with Crippen molar-refractivity contribution in [2.75, 3.05) is 25.1 Å². The first-order valence-corrected chi connectivity index (χ1v) is 6.88. The Morgan fingerprint density at radius 3 is 2.50 bits per heavy atom. The van der Waals surface area contributed by atoms with E-state index in [1.807, 2.05) is 11.8 Å². The average molecular weight is 214 g/mol. The molecule has 0 aromatic carbocycles. The van der Waals surface area contributed by atoms with Crippen LogP contribution in [0.4, 0.5) is 0 Å². The lowest BCUT2D eigenvalue weighted by Gasteiger charge is -2.02. The summed E-state index contributed by atoms with van der Waals surface area (Å²) in [6.07, 6.45) is 9.17.